The van der Waals surface area contributed by atoms with Crippen molar-refractivity contribution < 1.29 is 27.4 Å². The van der Waals surface area contributed by atoms with Crippen LogP contribution in [0.2, 0.25) is 0 Å². The number of methoxy groups -OCH3 is 2. The van der Waals surface area contributed by atoms with Gasteiger partial charge >= 0.3 is 0 Å². The van der Waals surface area contributed by atoms with E-state index in [1.54, 1.807) is 25.4 Å². The van der Waals surface area contributed by atoms with Crippen LogP contribution >= 0.6 is 0 Å². The molecule has 1 radical (unpaired) electrons. The van der Waals surface area contributed by atoms with Gasteiger partial charge in [-0.05, 0) is 101 Å². The molecule has 0 aromatic heterocycles. The van der Waals surface area contributed by atoms with Crippen molar-refractivity contribution in [3.63, 3.8) is 0 Å². The third kappa shape index (κ3) is 9.46. The number of aliphatic hydroxyl groups excluding tert-OH is 1. The molecule has 0 saturated heterocycles. The van der Waals surface area contributed by atoms with Crippen LogP contribution in [0.25, 0.3) is 0 Å². The fourth-order valence-corrected chi connectivity index (χ4v) is 11.2. The third-order valence-corrected chi connectivity index (χ3v) is 16.1. The second kappa shape index (κ2) is 17.6. The highest BCUT2D eigenvalue weighted by Gasteiger charge is 2.41. The van der Waals surface area contributed by atoms with Crippen molar-refractivity contribution in [2.24, 2.45) is 11.8 Å². The van der Waals surface area contributed by atoms with Crippen LogP contribution in [-0.2, 0) is 33.0 Å². The van der Waals surface area contributed by atoms with E-state index in [2.05, 4.69) is 81.4 Å². The summed E-state index contributed by atoms with van der Waals surface area (Å²) in [7, 11) is -1.73. The van der Waals surface area contributed by atoms with Crippen LogP contribution in [0.15, 0.2) is 109 Å². The molecule has 1 fully saturated rings. The monoisotopic (exact) mass is 780 g/mol. The molecule has 1 unspecified atom stereocenters. The Balaban J connectivity index is 1.14. The molecule has 4 aromatic rings. The first kappa shape index (κ1) is 40.9. The van der Waals surface area contributed by atoms with Gasteiger partial charge in [0.2, 0.25) is 10.0 Å². The van der Waals surface area contributed by atoms with Crippen molar-refractivity contribution in [2.75, 3.05) is 20.8 Å². The van der Waals surface area contributed by atoms with Gasteiger partial charge in [-0.25, -0.2) is 8.42 Å². The standard InChI is InChI=1S/C46H58NO6SSi/c1-8-32(2)54(49,50)47(29-33-14-20-39(51-6)21-15-33)30-34-16-25-44(52-7)43(26-34)36-27-37(28-36)45(48)42-24-17-35(42)31-53-55(40-12-10-9-11-13-40)41-22-18-38(19-23-41)46(3,4)5/h9-16,18-23,25-27,32,35-36,42,45,48H,8,17,24,28-31H2,1-7H3/t32?,35-,36+,42+,45-/m0/s1. The minimum atomic E-state index is -3.57. The molecule has 0 spiro atoms. The van der Waals surface area contributed by atoms with E-state index in [1.807, 2.05) is 49.4 Å². The van der Waals surface area contributed by atoms with Crippen LogP contribution < -0.4 is 19.8 Å². The van der Waals surface area contributed by atoms with Crippen LogP contribution in [0.5, 0.6) is 11.5 Å². The molecule has 4 aromatic carbocycles. The molecule has 0 amide bonds. The number of hydrogen-bond donors (Lipinski definition) is 1. The Hall–Kier alpha value is -3.73. The number of allylic oxidation sites excluding steroid dienone is 1. The van der Waals surface area contributed by atoms with Gasteiger partial charge in [0.15, 0.2) is 0 Å². The summed E-state index contributed by atoms with van der Waals surface area (Å²) in [6.45, 7) is 11.5. The van der Waals surface area contributed by atoms with E-state index in [4.69, 9.17) is 13.9 Å². The summed E-state index contributed by atoms with van der Waals surface area (Å²) < 4.78 is 47.0. The van der Waals surface area contributed by atoms with Gasteiger partial charge in [-0.15, -0.1) is 0 Å². The van der Waals surface area contributed by atoms with Crippen LogP contribution in [-0.4, -0.2) is 59.1 Å². The van der Waals surface area contributed by atoms with Crippen LogP contribution in [0.3, 0.4) is 0 Å². The maximum Gasteiger partial charge on any atom is 0.282 e. The van der Waals surface area contributed by atoms with E-state index in [9.17, 15) is 13.5 Å². The summed E-state index contributed by atoms with van der Waals surface area (Å²) in [6.07, 6.45) is 4.98. The molecule has 1 N–H and O–H groups in total. The number of ether oxygens (including phenoxy) is 2. The highest BCUT2D eigenvalue weighted by atomic mass is 32.2. The van der Waals surface area contributed by atoms with Gasteiger partial charge in [0.25, 0.3) is 9.04 Å². The van der Waals surface area contributed by atoms with E-state index in [-0.39, 0.29) is 30.3 Å². The van der Waals surface area contributed by atoms with Gasteiger partial charge in [-0.1, -0.05) is 113 Å². The minimum Gasteiger partial charge on any atom is -0.497 e. The van der Waals surface area contributed by atoms with E-state index in [0.29, 0.717) is 18.9 Å². The molecule has 293 valence electrons. The second-order valence-electron chi connectivity index (χ2n) is 16.3. The molecule has 1 saturated carbocycles. The number of sulfonamides is 1. The smallest absolute Gasteiger partial charge is 0.282 e. The van der Waals surface area contributed by atoms with Gasteiger partial charge in [0.05, 0.1) is 25.6 Å². The van der Waals surface area contributed by atoms with Gasteiger partial charge in [0.1, 0.15) is 11.5 Å². The van der Waals surface area contributed by atoms with Crippen molar-refractivity contribution in [1.82, 2.24) is 4.31 Å². The normalized spacial score (nSPS) is 19.7. The van der Waals surface area contributed by atoms with Crippen molar-refractivity contribution in [2.45, 2.75) is 96.1 Å². The maximum atomic E-state index is 13.8. The summed E-state index contributed by atoms with van der Waals surface area (Å²) in [5, 5.41) is 13.6. The second-order valence-corrected chi connectivity index (χ2v) is 20.7. The molecular formula is C46H58NO6SSi. The Kier molecular flexibility index (Phi) is 13.1. The lowest BCUT2D eigenvalue weighted by Gasteiger charge is -2.43. The van der Waals surface area contributed by atoms with Crippen LogP contribution in [0.1, 0.15) is 88.5 Å². The van der Waals surface area contributed by atoms with Crippen molar-refractivity contribution in [3.05, 3.63) is 131 Å². The summed E-state index contributed by atoms with van der Waals surface area (Å²) in [4.78, 5) is 0. The molecule has 0 bridgehead atoms. The van der Waals surface area contributed by atoms with E-state index >= 15 is 0 Å². The van der Waals surface area contributed by atoms with E-state index < -0.39 is 30.4 Å². The molecular weight excluding hydrogens is 723 g/mol. The highest BCUT2D eigenvalue weighted by molar-refractivity contribution is 7.89. The van der Waals surface area contributed by atoms with E-state index in [1.165, 1.54) is 15.9 Å². The van der Waals surface area contributed by atoms with Gasteiger partial charge < -0.3 is 19.0 Å². The summed E-state index contributed by atoms with van der Waals surface area (Å²) in [5.41, 5.74) is 5.28. The number of rotatable bonds is 17. The number of hydrogen-bond acceptors (Lipinski definition) is 6. The van der Waals surface area contributed by atoms with E-state index in [0.717, 1.165) is 53.0 Å². The minimum absolute atomic E-state index is 0.0829. The topological polar surface area (TPSA) is 85.3 Å². The average molecular weight is 781 g/mol. The predicted molar refractivity (Wildman–Crippen MR) is 224 cm³/mol. The zero-order valence-electron chi connectivity index (χ0n) is 33.5. The Bertz CT molecular complexity index is 2010. The van der Waals surface area contributed by atoms with Crippen molar-refractivity contribution in [1.29, 1.82) is 0 Å². The Morgan fingerprint density at radius 1 is 0.855 bits per heavy atom. The van der Waals surface area contributed by atoms with Crippen molar-refractivity contribution in [3.8, 4) is 11.5 Å². The molecule has 2 aliphatic rings. The number of benzene rings is 4. The zero-order valence-corrected chi connectivity index (χ0v) is 35.3. The predicted octanol–water partition coefficient (Wildman–Crippen LogP) is 7.76. The fourth-order valence-electron chi connectivity index (χ4n) is 7.64. The first-order chi connectivity index (χ1) is 26.3. The summed E-state index contributed by atoms with van der Waals surface area (Å²) >= 11 is 0. The highest BCUT2D eigenvalue weighted by Crippen LogP contribution is 2.47. The first-order valence-corrected chi connectivity index (χ1v) is 22.6. The number of nitrogens with zero attached hydrogens (tertiary/aromatic N) is 1. The molecule has 5 atom stereocenters. The Labute approximate surface area is 331 Å². The molecule has 6 rings (SSSR count). The lowest BCUT2D eigenvalue weighted by atomic mass is 9.66. The quantitative estimate of drug-likeness (QED) is 0.0872. The molecule has 2 aliphatic carbocycles. The van der Waals surface area contributed by atoms with Crippen LogP contribution in [0, 0.1) is 11.8 Å². The lowest BCUT2D eigenvalue weighted by molar-refractivity contribution is 0.00806. The average Bonchev–Trinajstić information content (AvgIpc) is 3.15. The maximum absolute atomic E-state index is 13.8. The third-order valence-electron chi connectivity index (χ3n) is 11.6. The molecule has 7 nitrogen and oxygen atoms in total. The molecule has 0 heterocycles. The van der Waals surface area contributed by atoms with Gasteiger partial charge in [-0.3, -0.25) is 0 Å². The summed E-state index contributed by atoms with van der Waals surface area (Å²) in [6, 6.07) is 33.0. The SMILES string of the molecule is CCC(C)S(=O)(=O)N(Cc1ccc(OC)cc1)Cc1ccc(OC)c([C@@H]2C=C([C@H](O)[C@@H]3CC[C@H]3CO[Si](c3ccccc3)c3ccc(C(C)(C)C)cc3)C2)c1. The Morgan fingerprint density at radius 3 is 2.07 bits per heavy atom. The molecule has 55 heavy (non-hydrogen) atoms. The first-order valence-electron chi connectivity index (χ1n) is 19.7. The Morgan fingerprint density at radius 2 is 1.49 bits per heavy atom. The lowest BCUT2D eigenvalue weighted by Crippen LogP contribution is -2.48. The number of aliphatic hydroxyl groups is 1. The fraction of sp³-hybridized carbons (Fsp3) is 0.435. The van der Waals surface area contributed by atoms with Crippen molar-refractivity contribution >= 4 is 29.4 Å². The molecule has 0 aliphatic heterocycles. The van der Waals surface area contributed by atoms with Crippen LogP contribution in [0.4, 0.5) is 0 Å². The van der Waals surface area contributed by atoms with Gasteiger partial charge in [0, 0.05) is 31.2 Å². The van der Waals surface area contributed by atoms with Gasteiger partial charge in [-0.2, -0.15) is 4.31 Å². The summed E-state index contributed by atoms with van der Waals surface area (Å²) in [5.74, 6) is 2.05. The zero-order chi connectivity index (χ0) is 39.3. The largest absolute Gasteiger partial charge is 0.497 e. The molecule has 9 heteroatoms.